The molecular weight excluding hydrogens is 234 g/mol. The molecule has 1 aromatic carbocycles. The van der Waals surface area contributed by atoms with E-state index in [9.17, 15) is 18.7 Å². The van der Waals surface area contributed by atoms with Crippen LogP contribution in [0.5, 0.6) is 11.5 Å². The van der Waals surface area contributed by atoms with Crippen molar-refractivity contribution >= 4 is 5.97 Å². The number of carbonyl (C=O) groups is 1. The molecule has 0 heterocycles. The fourth-order valence-electron chi connectivity index (χ4n) is 1.44. The van der Waals surface area contributed by atoms with E-state index in [2.05, 4.69) is 0 Å². The van der Waals surface area contributed by atoms with Crippen molar-refractivity contribution in [3.05, 3.63) is 23.3 Å². The van der Waals surface area contributed by atoms with Crippen LogP contribution >= 0.6 is 0 Å². The summed E-state index contributed by atoms with van der Waals surface area (Å²) < 4.78 is 31.1. The van der Waals surface area contributed by atoms with Crippen LogP contribution in [-0.2, 0) is 11.2 Å². The molecule has 0 spiro atoms. The molecule has 1 unspecified atom stereocenters. The van der Waals surface area contributed by atoms with Crippen LogP contribution in [0.4, 0.5) is 8.78 Å². The Labute approximate surface area is 96.5 Å². The summed E-state index contributed by atoms with van der Waals surface area (Å²) in [6, 6.07) is 0.489. The third-order valence-electron chi connectivity index (χ3n) is 2.39. The summed E-state index contributed by atoms with van der Waals surface area (Å²) >= 11 is 0. The zero-order valence-electron chi connectivity index (χ0n) is 9.33. The van der Waals surface area contributed by atoms with Gasteiger partial charge in [0, 0.05) is 11.6 Å². The van der Waals surface area contributed by atoms with Gasteiger partial charge in [0.15, 0.2) is 23.1 Å². The number of aliphatic carboxylic acids is 1. The predicted molar refractivity (Wildman–Crippen MR) is 55.1 cm³/mol. The Bertz CT molecular complexity index is 446. The lowest BCUT2D eigenvalue weighted by atomic mass is 9.99. The highest BCUT2D eigenvalue weighted by molar-refractivity contribution is 5.70. The summed E-state index contributed by atoms with van der Waals surface area (Å²) in [6.45, 7) is 1.37. The lowest BCUT2D eigenvalue weighted by Crippen LogP contribution is -2.13. The second-order valence-corrected chi connectivity index (χ2v) is 3.64. The third kappa shape index (κ3) is 2.64. The molecule has 1 rings (SSSR count). The van der Waals surface area contributed by atoms with Crippen molar-refractivity contribution in [2.45, 2.75) is 13.3 Å². The van der Waals surface area contributed by atoms with Crippen LogP contribution in [0.1, 0.15) is 12.5 Å². The quantitative estimate of drug-likeness (QED) is 0.852. The van der Waals surface area contributed by atoms with Gasteiger partial charge in [-0.05, 0) is 6.42 Å². The number of carboxylic acids is 1. The number of phenols is 1. The molecule has 0 radical (unpaired) electrons. The van der Waals surface area contributed by atoms with Crippen molar-refractivity contribution in [1.29, 1.82) is 0 Å². The Morgan fingerprint density at radius 3 is 2.53 bits per heavy atom. The van der Waals surface area contributed by atoms with Crippen LogP contribution in [0.2, 0.25) is 0 Å². The van der Waals surface area contributed by atoms with Gasteiger partial charge in [-0.1, -0.05) is 6.92 Å². The molecule has 0 saturated carbocycles. The number of ether oxygens (including phenoxy) is 1. The summed E-state index contributed by atoms with van der Waals surface area (Å²) in [4.78, 5) is 10.7. The molecule has 4 nitrogen and oxygen atoms in total. The zero-order valence-corrected chi connectivity index (χ0v) is 9.33. The molecule has 0 amide bonds. The Balaban J connectivity index is 3.25. The SMILES string of the molecule is COc1c(F)cc(F)c(O)c1CC(C)C(=O)O. The van der Waals surface area contributed by atoms with E-state index in [1.54, 1.807) is 0 Å². The predicted octanol–water partition coefficient (Wildman–Crippen LogP) is 1.94. The van der Waals surface area contributed by atoms with Gasteiger partial charge in [0.25, 0.3) is 0 Å². The number of benzene rings is 1. The molecule has 0 fully saturated rings. The molecule has 0 bridgehead atoms. The van der Waals surface area contributed by atoms with E-state index in [0.29, 0.717) is 6.07 Å². The lowest BCUT2D eigenvalue weighted by Gasteiger charge is -2.14. The standard InChI is InChI=1S/C11H12F2O4/c1-5(11(15)16)3-6-9(14)7(12)4-8(13)10(6)17-2/h4-5,14H,3H2,1-2H3,(H,15,16). The number of hydrogen-bond acceptors (Lipinski definition) is 3. The first-order valence-electron chi connectivity index (χ1n) is 4.85. The Morgan fingerprint density at radius 1 is 1.47 bits per heavy atom. The maximum absolute atomic E-state index is 13.3. The van der Waals surface area contributed by atoms with Gasteiger partial charge in [0.1, 0.15) is 0 Å². The molecule has 94 valence electrons. The van der Waals surface area contributed by atoms with Crippen molar-refractivity contribution in [3.8, 4) is 11.5 Å². The zero-order chi connectivity index (χ0) is 13.2. The minimum Gasteiger partial charge on any atom is -0.505 e. The summed E-state index contributed by atoms with van der Waals surface area (Å²) in [6.07, 6.45) is -0.223. The van der Waals surface area contributed by atoms with Crippen molar-refractivity contribution in [3.63, 3.8) is 0 Å². The smallest absolute Gasteiger partial charge is 0.306 e. The number of carboxylic acid groups (broad SMARTS) is 1. The number of halogens is 2. The van der Waals surface area contributed by atoms with Gasteiger partial charge in [-0.3, -0.25) is 4.79 Å². The first kappa shape index (κ1) is 13.2. The lowest BCUT2D eigenvalue weighted by molar-refractivity contribution is -0.141. The monoisotopic (exact) mass is 246 g/mol. The van der Waals surface area contributed by atoms with E-state index in [0.717, 1.165) is 7.11 Å². The topological polar surface area (TPSA) is 66.8 Å². The molecule has 6 heteroatoms. The van der Waals surface area contributed by atoms with E-state index < -0.39 is 29.3 Å². The molecule has 0 saturated heterocycles. The van der Waals surface area contributed by atoms with Crippen molar-refractivity contribution in [1.82, 2.24) is 0 Å². The Hall–Kier alpha value is -1.85. The highest BCUT2D eigenvalue weighted by Crippen LogP contribution is 2.34. The number of aromatic hydroxyl groups is 1. The van der Waals surface area contributed by atoms with Crippen LogP contribution in [0.25, 0.3) is 0 Å². The number of hydrogen-bond donors (Lipinski definition) is 2. The number of rotatable bonds is 4. The van der Waals surface area contributed by atoms with E-state index in [4.69, 9.17) is 9.84 Å². The average Bonchev–Trinajstić information content (AvgIpc) is 2.25. The van der Waals surface area contributed by atoms with E-state index in [-0.39, 0.29) is 17.7 Å². The highest BCUT2D eigenvalue weighted by atomic mass is 19.1. The van der Waals surface area contributed by atoms with Gasteiger partial charge < -0.3 is 14.9 Å². The molecule has 0 aliphatic rings. The minimum atomic E-state index is -1.14. The normalized spacial score (nSPS) is 12.2. The summed E-state index contributed by atoms with van der Waals surface area (Å²) in [5.74, 6) is -5.26. The van der Waals surface area contributed by atoms with Gasteiger partial charge in [-0.2, -0.15) is 0 Å². The van der Waals surface area contributed by atoms with Crippen LogP contribution < -0.4 is 4.74 Å². The van der Waals surface area contributed by atoms with Gasteiger partial charge >= 0.3 is 5.97 Å². The molecule has 0 aliphatic carbocycles. The van der Waals surface area contributed by atoms with Crippen molar-refractivity contribution in [2.24, 2.45) is 5.92 Å². The molecule has 17 heavy (non-hydrogen) atoms. The number of phenolic OH excluding ortho intramolecular Hbond substituents is 1. The fraction of sp³-hybridized carbons (Fsp3) is 0.364. The molecule has 0 aromatic heterocycles. The molecular formula is C11H12F2O4. The van der Waals surface area contributed by atoms with E-state index in [1.807, 2.05) is 0 Å². The molecule has 1 aromatic rings. The van der Waals surface area contributed by atoms with Crippen molar-refractivity contribution < 1.29 is 28.5 Å². The average molecular weight is 246 g/mol. The summed E-state index contributed by atoms with van der Waals surface area (Å²) in [7, 11) is 1.16. The van der Waals surface area contributed by atoms with Crippen LogP contribution in [-0.4, -0.2) is 23.3 Å². The molecule has 0 aliphatic heterocycles. The summed E-state index contributed by atoms with van der Waals surface area (Å²) in [5.41, 5.74) is -0.181. The number of methoxy groups -OCH3 is 1. The van der Waals surface area contributed by atoms with Gasteiger partial charge in [-0.15, -0.1) is 0 Å². The highest BCUT2D eigenvalue weighted by Gasteiger charge is 2.23. The second-order valence-electron chi connectivity index (χ2n) is 3.64. The Kier molecular flexibility index (Phi) is 3.88. The van der Waals surface area contributed by atoms with Gasteiger partial charge in [-0.25, -0.2) is 8.78 Å². The molecule has 2 N–H and O–H groups in total. The molecule has 1 atom stereocenters. The Morgan fingerprint density at radius 2 is 2.06 bits per heavy atom. The van der Waals surface area contributed by atoms with Gasteiger partial charge in [0.2, 0.25) is 0 Å². The maximum atomic E-state index is 13.3. The van der Waals surface area contributed by atoms with E-state index >= 15 is 0 Å². The van der Waals surface area contributed by atoms with Crippen LogP contribution in [0.15, 0.2) is 6.07 Å². The van der Waals surface area contributed by atoms with Crippen molar-refractivity contribution in [2.75, 3.05) is 7.11 Å². The fourth-order valence-corrected chi connectivity index (χ4v) is 1.44. The maximum Gasteiger partial charge on any atom is 0.306 e. The largest absolute Gasteiger partial charge is 0.505 e. The van der Waals surface area contributed by atoms with Gasteiger partial charge in [0.05, 0.1) is 13.0 Å². The third-order valence-corrected chi connectivity index (χ3v) is 2.39. The second kappa shape index (κ2) is 4.99. The summed E-state index contributed by atoms with van der Waals surface area (Å²) in [5, 5.41) is 18.2. The minimum absolute atomic E-state index is 0.181. The van der Waals surface area contributed by atoms with E-state index in [1.165, 1.54) is 6.92 Å². The first-order chi connectivity index (χ1) is 7.88. The van der Waals surface area contributed by atoms with Crippen LogP contribution in [0.3, 0.4) is 0 Å². The van der Waals surface area contributed by atoms with Crippen LogP contribution in [0, 0.1) is 17.6 Å². The first-order valence-corrected chi connectivity index (χ1v) is 4.85.